The summed E-state index contributed by atoms with van der Waals surface area (Å²) in [6, 6.07) is 11.6. The number of hydrogen-bond donors (Lipinski definition) is 1. The van der Waals surface area contributed by atoms with Gasteiger partial charge in [-0.3, -0.25) is 0 Å². The highest BCUT2D eigenvalue weighted by atomic mass is 79.9. The Kier molecular flexibility index (Phi) is 3.76. The molecule has 0 saturated carbocycles. The van der Waals surface area contributed by atoms with E-state index in [-0.39, 0.29) is 6.10 Å². The molecule has 104 valence electrons. The van der Waals surface area contributed by atoms with E-state index in [0.717, 1.165) is 26.9 Å². The maximum atomic E-state index is 10.3. The van der Waals surface area contributed by atoms with Gasteiger partial charge in [0.05, 0.1) is 11.1 Å². The number of ether oxygens (including phenoxy) is 1. The summed E-state index contributed by atoms with van der Waals surface area (Å²) in [6.45, 7) is 2.01. The number of hydrogen-bond acceptors (Lipinski definition) is 2. The van der Waals surface area contributed by atoms with E-state index in [0.29, 0.717) is 11.4 Å². The Morgan fingerprint density at radius 3 is 2.80 bits per heavy atom. The van der Waals surface area contributed by atoms with Gasteiger partial charge in [0, 0.05) is 16.5 Å². The Labute approximate surface area is 131 Å². The number of aliphatic hydroxyl groups excluding tert-OH is 1. The van der Waals surface area contributed by atoms with Crippen LogP contribution in [0.1, 0.15) is 35.3 Å². The van der Waals surface area contributed by atoms with Gasteiger partial charge in [0.1, 0.15) is 11.9 Å². The fraction of sp³-hybridized carbons (Fsp3) is 0.250. The number of aryl methyl sites for hydroxylation is 1. The SMILES string of the molecule is Cc1ccc2c(c1)[C@H](O)CC(c1ccc(Br)c(Cl)c1)O2. The molecule has 0 fully saturated rings. The van der Waals surface area contributed by atoms with Crippen LogP contribution in [0.2, 0.25) is 5.02 Å². The summed E-state index contributed by atoms with van der Waals surface area (Å²) in [5.74, 6) is 0.749. The second kappa shape index (κ2) is 5.40. The molecule has 2 aromatic carbocycles. The first-order chi connectivity index (χ1) is 9.54. The van der Waals surface area contributed by atoms with Crippen molar-refractivity contribution >= 4 is 27.5 Å². The third-order valence-electron chi connectivity index (χ3n) is 3.55. The van der Waals surface area contributed by atoms with Gasteiger partial charge in [0.25, 0.3) is 0 Å². The zero-order chi connectivity index (χ0) is 14.3. The molecule has 1 heterocycles. The number of aliphatic hydroxyl groups is 1. The zero-order valence-electron chi connectivity index (χ0n) is 10.9. The lowest BCUT2D eigenvalue weighted by molar-refractivity contribution is 0.0657. The van der Waals surface area contributed by atoms with Gasteiger partial charge in [0.15, 0.2) is 0 Å². The Morgan fingerprint density at radius 1 is 1.25 bits per heavy atom. The van der Waals surface area contributed by atoms with Crippen molar-refractivity contribution in [1.82, 2.24) is 0 Å². The monoisotopic (exact) mass is 352 g/mol. The van der Waals surface area contributed by atoms with E-state index in [1.807, 2.05) is 43.3 Å². The quantitative estimate of drug-likeness (QED) is 0.784. The average molecular weight is 354 g/mol. The Morgan fingerprint density at radius 2 is 2.05 bits per heavy atom. The summed E-state index contributed by atoms with van der Waals surface area (Å²) in [6.07, 6.45) is -0.147. The molecule has 0 aliphatic carbocycles. The minimum atomic E-state index is -0.508. The lowest BCUT2D eigenvalue weighted by Crippen LogP contribution is -2.19. The van der Waals surface area contributed by atoms with Gasteiger partial charge in [-0.15, -0.1) is 0 Å². The van der Waals surface area contributed by atoms with Crippen LogP contribution < -0.4 is 4.74 Å². The van der Waals surface area contributed by atoms with E-state index in [2.05, 4.69) is 15.9 Å². The molecule has 4 heteroatoms. The normalized spacial score (nSPS) is 21.2. The van der Waals surface area contributed by atoms with Crippen LogP contribution in [0.25, 0.3) is 0 Å². The third kappa shape index (κ3) is 2.58. The highest BCUT2D eigenvalue weighted by Gasteiger charge is 2.28. The van der Waals surface area contributed by atoms with Crippen LogP contribution in [0.3, 0.4) is 0 Å². The van der Waals surface area contributed by atoms with Crippen LogP contribution in [-0.4, -0.2) is 5.11 Å². The number of fused-ring (bicyclic) bond motifs is 1. The molecule has 1 aliphatic rings. The number of benzene rings is 2. The minimum Gasteiger partial charge on any atom is -0.485 e. The highest BCUT2D eigenvalue weighted by molar-refractivity contribution is 9.10. The Balaban J connectivity index is 1.94. The molecule has 0 saturated heterocycles. The van der Waals surface area contributed by atoms with E-state index in [1.165, 1.54) is 0 Å². The summed E-state index contributed by atoms with van der Waals surface area (Å²) in [4.78, 5) is 0. The predicted octanol–water partition coefficient (Wildman–Crippen LogP) is 4.97. The number of halogens is 2. The molecular weight excluding hydrogens is 340 g/mol. The van der Waals surface area contributed by atoms with Crippen molar-refractivity contribution in [2.45, 2.75) is 25.6 Å². The fourth-order valence-electron chi connectivity index (χ4n) is 2.48. The Bertz CT molecular complexity index is 657. The van der Waals surface area contributed by atoms with Gasteiger partial charge in [0.2, 0.25) is 0 Å². The maximum absolute atomic E-state index is 10.3. The van der Waals surface area contributed by atoms with Gasteiger partial charge in [-0.25, -0.2) is 0 Å². The molecular formula is C16H14BrClO2. The molecule has 0 bridgehead atoms. The van der Waals surface area contributed by atoms with Crippen molar-refractivity contribution in [3.8, 4) is 5.75 Å². The van der Waals surface area contributed by atoms with Crippen LogP contribution in [0.4, 0.5) is 0 Å². The first-order valence-corrected chi connectivity index (χ1v) is 7.62. The van der Waals surface area contributed by atoms with E-state index >= 15 is 0 Å². The average Bonchev–Trinajstić information content (AvgIpc) is 2.42. The molecule has 2 aromatic rings. The van der Waals surface area contributed by atoms with Crippen LogP contribution in [0.5, 0.6) is 5.75 Å². The molecule has 0 amide bonds. The van der Waals surface area contributed by atoms with Crippen molar-refractivity contribution in [2.24, 2.45) is 0 Å². The summed E-state index contributed by atoms with van der Waals surface area (Å²) in [7, 11) is 0. The lowest BCUT2D eigenvalue weighted by atomic mass is 9.94. The molecule has 1 aliphatic heterocycles. The first kappa shape index (κ1) is 13.9. The van der Waals surface area contributed by atoms with Gasteiger partial charge in [-0.05, 0) is 52.7 Å². The van der Waals surface area contributed by atoms with Crippen molar-refractivity contribution in [3.05, 3.63) is 62.6 Å². The molecule has 0 spiro atoms. The summed E-state index contributed by atoms with van der Waals surface area (Å²) < 4.78 is 6.86. The predicted molar refractivity (Wildman–Crippen MR) is 83.3 cm³/mol. The van der Waals surface area contributed by atoms with Gasteiger partial charge in [-0.1, -0.05) is 29.3 Å². The lowest BCUT2D eigenvalue weighted by Gasteiger charge is -2.30. The largest absolute Gasteiger partial charge is 0.485 e. The summed E-state index contributed by atoms with van der Waals surface area (Å²) in [5.41, 5.74) is 2.96. The molecule has 1 N–H and O–H groups in total. The Hall–Kier alpha value is -1.03. The summed E-state index contributed by atoms with van der Waals surface area (Å²) in [5, 5.41) is 11.0. The van der Waals surface area contributed by atoms with Crippen molar-refractivity contribution in [2.75, 3.05) is 0 Å². The standard InChI is InChI=1S/C16H14BrClO2/c1-9-2-5-15-11(6-9)14(19)8-16(20-15)10-3-4-12(17)13(18)7-10/h2-7,14,16,19H,8H2,1H3/t14-,16?/m1/s1. The van der Waals surface area contributed by atoms with Crippen LogP contribution >= 0.6 is 27.5 Å². The molecule has 1 unspecified atom stereocenters. The van der Waals surface area contributed by atoms with E-state index in [4.69, 9.17) is 16.3 Å². The molecule has 20 heavy (non-hydrogen) atoms. The van der Waals surface area contributed by atoms with Crippen molar-refractivity contribution in [1.29, 1.82) is 0 Å². The molecule has 2 atom stereocenters. The molecule has 0 aromatic heterocycles. The maximum Gasteiger partial charge on any atom is 0.127 e. The molecule has 3 rings (SSSR count). The topological polar surface area (TPSA) is 29.5 Å². The van der Waals surface area contributed by atoms with E-state index in [1.54, 1.807) is 0 Å². The van der Waals surface area contributed by atoms with Gasteiger partial charge >= 0.3 is 0 Å². The minimum absolute atomic E-state index is 0.175. The fourth-order valence-corrected chi connectivity index (χ4v) is 2.92. The van der Waals surface area contributed by atoms with Gasteiger partial charge in [-0.2, -0.15) is 0 Å². The second-order valence-corrected chi connectivity index (χ2v) is 6.33. The van der Waals surface area contributed by atoms with Crippen molar-refractivity contribution < 1.29 is 9.84 Å². The number of rotatable bonds is 1. The zero-order valence-corrected chi connectivity index (χ0v) is 13.3. The van der Waals surface area contributed by atoms with Gasteiger partial charge < -0.3 is 9.84 Å². The third-order valence-corrected chi connectivity index (χ3v) is 4.78. The van der Waals surface area contributed by atoms with Crippen LogP contribution in [0.15, 0.2) is 40.9 Å². The van der Waals surface area contributed by atoms with Crippen molar-refractivity contribution in [3.63, 3.8) is 0 Å². The van der Waals surface area contributed by atoms with E-state index in [9.17, 15) is 5.11 Å². The second-order valence-electron chi connectivity index (χ2n) is 5.07. The van der Waals surface area contributed by atoms with Crippen LogP contribution in [-0.2, 0) is 0 Å². The first-order valence-electron chi connectivity index (χ1n) is 6.45. The van der Waals surface area contributed by atoms with E-state index < -0.39 is 6.10 Å². The smallest absolute Gasteiger partial charge is 0.127 e. The molecule has 0 radical (unpaired) electrons. The summed E-state index contributed by atoms with van der Waals surface area (Å²) >= 11 is 9.50. The van der Waals surface area contributed by atoms with Crippen LogP contribution in [0, 0.1) is 6.92 Å². The highest BCUT2D eigenvalue weighted by Crippen LogP contribution is 2.41. The molecule has 2 nitrogen and oxygen atoms in total.